The molecule has 43 heavy (non-hydrogen) atoms. The molecule has 0 radical (unpaired) electrons. The van der Waals surface area contributed by atoms with E-state index in [9.17, 15) is 9.18 Å². The number of ether oxygens (including phenoxy) is 2. The van der Waals surface area contributed by atoms with Crippen molar-refractivity contribution in [2.24, 2.45) is 5.10 Å². The van der Waals surface area contributed by atoms with E-state index in [4.69, 9.17) is 21.1 Å². The van der Waals surface area contributed by atoms with Crippen molar-refractivity contribution in [1.82, 2.24) is 10.4 Å². The van der Waals surface area contributed by atoms with Crippen molar-refractivity contribution in [3.63, 3.8) is 0 Å². The van der Waals surface area contributed by atoms with Gasteiger partial charge in [0.25, 0.3) is 5.91 Å². The second kappa shape index (κ2) is 14.3. The molecule has 5 aromatic rings. The lowest BCUT2D eigenvalue weighted by Gasteiger charge is -2.14. The van der Waals surface area contributed by atoms with E-state index >= 15 is 0 Å². The maximum absolute atomic E-state index is 13.2. The zero-order valence-electron chi connectivity index (χ0n) is 22.8. The standard InChI is InChI=1S/C32H25BrClFN4O3S/c1-2-41-29-15-23(27(33)16-30(29)42-18-20-3-11-25(35)12-4-20)17-36-39-31(40)22-7-5-21(6-8-22)28-19-43-32(38-28)37-26-13-9-24(34)10-14-26/h3-17,19H,2,18H2,1H3,(H,37,38)(H,39,40)/b36-17-. The van der Waals surface area contributed by atoms with E-state index < -0.39 is 0 Å². The fraction of sp³-hybridized carbons (Fsp3) is 0.0938. The van der Waals surface area contributed by atoms with Crippen LogP contribution in [-0.4, -0.2) is 23.7 Å². The number of halogens is 3. The number of anilines is 2. The molecular formula is C32H25BrClFN4O3S. The van der Waals surface area contributed by atoms with Gasteiger partial charge in [0, 0.05) is 37.3 Å². The molecule has 1 aromatic heterocycles. The summed E-state index contributed by atoms with van der Waals surface area (Å²) in [5, 5.41) is 10.8. The van der Waals surface area contributed by atoms with E-state index in [1.807, 2.05) is 48.7 Å². The zero-order valence-corrected chi connectivity index (χ0v) is 26.0. The Morgan fingerprint density at radius 1 is 1.02 bits per heavy atom. The Labute approximate surface area is 265 Å². The van der Waals surface area contributed by atoms with Crippen LogP contribution in [-0.2, 0) is 6.61 Å². The number of nitrogens with zero attached hydrogens (tertiary/aromatic N) is 2. The first kappa shape index (κ1) is 30.2. The van der Waals surface area contributed by atoms with Crippen LogP contribution in [0.15, 0.2) is 99.9 Å². The molecule has 0 saturated heterocycles. The number of nitrogens with one attached hydrogen (secondary N) is 2. The van der Waals surface area contributed by atoms with Gasteiger partial charge in [-0.25, -0.2) is 14.8 Å². The van der Waals surface area contributed by atoms with Crippen LogP contribution >= 0.6 is 38.9 Å². The molecule has 0 atom stereocenters. The van der Waals surface area contributed by atoms with Crippen molar-refractivity contribution < 1.29 is 18.7 Å². The Morgan fingerprint density at radius 3 is 2.47 bits per heavy atom. The molecule has 7 nitrogen and oxygen atoms in total. The Bertz CT molecular complexity index is 1730. The first-order valence-electron chi connectivity index (χ1n) is 13.1. The van der Waals surface area contributed by atoms with E-state index in [1.54, 1.807) is 36.4 Å². The van der Waals surface area contributed by atoms with Crippen molar-refractivity contribution in [3.05, 3.63) is 122 Å². The largest absolute Gasteiger partial charge is 0.490 e. The monoisotopic (exact) mass is 678 g/mol. The van der Waals surface area contributed by atoms with Crippen molar-refractivity contribution in [2.75, 3.05) is 11.9 Å². The van der Waals surface area contributed by atoms with Crippen LogP contribution in [0.25, 0.3) is 11.3 Å². The molecule has 5 rings (SSSR count). The number of benzene rings is 4. The molecule has 0 bridgehead atoms. The van der Waals surface area contributed by atoms with E-state index in [-0.39, 0.29) is 18.3 Å². The smallest absolute Gasteiger partial charge is 0.271 e. The third-order valence-electron chi connectivity index (χ3n) is 6.08. The van der Waals surface area contributed by atoms with Gasteiger partial charge in [-0.3, -0.25) is 4.79 Å². The molecule has 0 aliphatic carbocycles. The van der Waals surface area contributed by atoms with Gasteiger partial charge in [0.05, 0.1) is 18.5 Å². The molecule has 1 heterocycles. The highest BCUT2D eigenvalue weighted by Gasteiger charge is 2.12. The lowest BCUT2D eigenvalue weighted by Crippen LogP contribution is -2.17. The average molecular weight is 680 g/mol. The maximum Gasteiger partial charge on any atom is 0.271 e. The summed E-state index contributed by atoms with van der Waals surface area (Å²) in [5.41, 5.74) is 7.09. The molecule has 218 valence electrons. The second-order valence-electron chi connectivity index (χ2n) is 9.11. The van der Waals surface area contributed by atoms with Crippen LogP contribution in [0, 0.1) is 5.82 Å². The van der Waals surface area contributed by atoms with Crippen LogP contribution in [0.2, 0.25) is 5.02 Å². The van der Waals surface area contributed by atoms with Crippen molar-refractivity contribution in [1.29, 1.82) is 0 Å². The summed E-state index contributed by atoms with van der Waals surface area (Å²) in [5.74, 6) is 0.381. The molecule has 0 spiro atoms. The van der Waals surface area contributed by atoms with Crippen molar-refractivity contribution in [2.45, 2.75) is 13.5 Å². The zero-order chi connectivity index (χ0) is 30.2. The number of aromatic nitrogens is 1. The Hall–Kier alpha value is -4.25. The van der Waals surface area contributed by atoms with E-state index in [2.05, 4.69) is 36.8 Å². The Balaban J connectivity index is 1.19. The number of hydrogen-bond acceptors (Lipinski definition) is 7. The van der Waals surface area contributed by atoms with Gasteiger partial charge in [-0.05, 0) is 89.1 Å². The molecule has 2 N–H and O–H groups in total. The molecular weight excluding hydrogens is 655 g/mol. The van der Waals surface area contributed by atoms with E-state index in [0.29, 0.717) is 38.7 Å². The van der Waals surface area contributed by atoms with Gasteiger partial charge in [-0.2, -0.15) is 5.10 Å². The highest BCUT2D eigenvalue weighted by atomic mass is 79.9. The lowest BCUT2D eigenvalue weighted by molar-refractivity contribution is 0.0955. The fourth-order valence-corrected chi connectivity index (χ4v) is 5.20. The third-order valence-corrected chi connectivity index (χ3v) is 7.78. The fourth-order valence-electron chi connectivity index (χ4n) is 3.91. The highest BCUT2D eigenvalue weighted by molar-refractivity contribution is 9.10. The molecule has 11 heteroatoms. The number of rotatable bonds is 11. The van der Waals surface area contributed by atoms with E-state index in [1.165, 1.54) is 29.7 Å². The predicted molar refractivity (Wildman–Crippen MR) is 173 cm³/mol. The summed E-state index contributed by atoms with van der Waals surface area (Å²) in [7, 11) is 0. The van der Waals surface area contributed by atoms with Crippen LogP contribution < -0.4 is 20.2 Å². The Morgan fingerprint density at radius 2 is 1.74 bits per heavy atom. The molecule has 0 saturated carbocycles. The molecule has 1 amide bonds. The summed E-state index contributed by atoms with van der Waals surface area (Å²) >= 11 is 11.0. The van der Waals surface area contributed by atoms with Gasteiger partial charge < -0.3 is 14.8 Å². The van der Waals surface area contributed by atoms with Crippen LogP contribution in [0.3, 0.4) is 0 Å². The number of carbonyl (C=O) groups is 1. The van der Waals surface area contributed by atoms with Crippen LogP contribution in [0.1, 0.15) is 28.4 Å². The summed E-state index contributed by atoms with van der Waals surface area (Å²) < 4.78 is 25.6. The first-order valence-corrected chi connectivity index (χ1v) is 15.2. The topological polar surface area (TPSA) is 84.8 Å². The molecule has 0 aliphatic rings. The average Bonchev–Trinajstić information content (AvgIpc) is 3.48. The SMILES string of the molecule is CCOc1cc(/C=N\NC(=O)c2ccc(-c3csc(Nc4ccc(Cl)cc4)n3)cc2)c(Br)cc1OCc1ccc(F)cc1. The second-order valence-corrected chi connectivity index (χ2v) is 11.3. The Kier molecular flexibility index (Phi) is 10.0. The molecule has 0 unspecified atom stereocenters. The van der Waals surface area contributed by atoms with Gasteiger partial charge >= 0.3 is 0 Å². The first-order chi connectivity index (χ1) is 20.9. The molecule has 4 aromatic carbocycles. The number of hydrazone groups is 1. The van der Waals surface area contributed by atoms with Gasteiger partial charge in [0.2, 0.25) is 0 Å². The van der Waals surface area contributed by atoms with Gasteiger partial charge in [0.15, 0.2) is 16.6 Å². The van der Waals surface area contributed by atoms with Crippen molar-refractivity contribution >= 4 is 61.8 Å². The minimum absolute atomic E-state index is 0.249. The molecule has 0 fully saturated rings. The summed E-state index contributed by atoms with van der Waals surface area (Å²) in [4.78, 5) is 17.4. The normalized spacial score (nSPS) is 11.0. The van der Waals surface area contributed by atoms with Crippen LogP contribution in [0.4, 0.5) is 15.2 Å². The molecule has 0 aliphatic heterocycles. The van der Waals surface area contributed by atoms with Crippen LogP contribution in [0.5, 0.6) is 11.5 Å². The van der Waals surface area contributed by atoms with E-state index in [0.717, 1.165) is 27.6 Å². The third kappa shape index (κ3) is 8.19. The highest BCUT2D eigenvalue weighted by Crippen LogP contribution is 2.34. The minimum Gasteiger partial charge on any atom is -0.490 e. The van der Waals surface area contributed by atoms with Gasteiger partial charge in [-0.1, -0.05) is 35.9 Å². The number of carbonyl (C=O) groups excluding carboxylic acids is 1. The summed E-state index contributed by atoms with van der Waals surface area (Å²) in [6, 6.07) is 24.2. The minimum atomic E-state index is -0.355. The predicted octanol–water partition coefficient (Wildman–Crippen LogP) is 8.85. The quantitative estimate of drug-likeness (QED) is 0.108. The number of hydrogen-bond donors (Lipinski definition) is 2. The summed E-state index contributed by atoms with van der Waals surface area (Å²) in [6.45, 7) is 2.55. The van der Waals surface area contributed by atoms with Gasteiger partial charge in [0.1, 0.15) is 12.4 Å². The summed E-state index contributed by atoms with van der Waals surface area (Å²) in [6.07, 6.45) is 1.52. The lowest BCUT2D eigenvalue weighted by atomic mass is 10.1. The van der Waals surface area contributed by atoms with Crippen molar-refractivity contribution in [3.8, 4) is 22.8 Å². The van der Waals surface area contributed by atoms with Gasteiger partial charge in [-0.15, -0.1) is 11.3 Å². The number of amides is 1. The maximum atomic E-state index is 13.2. The number of thiazole rings is 1.